The number of nitrogens with one attached hydrogen (secondary N) is 2. The van der Waals surface area contributed by atoms with E-state index in [0.717, 1.165) is 19.4 Å². The largest absolute Gasteiger partial charge is 0.377 e. The predicted molar refractivity (Wildman–Crippen MR) is 71.0 cm³/mol. The number of piperidine rings is 1. The highest BCUT2D eigenvalue weighted by Crippen LogP contribution is 2.16. The third-order valence-corrected chi connectivity index (χ3v) is 5.30. The number of rotatable bonds is 5. The molecule has 0 spiro atoms. The van der Waals surface area contributed by atoms with Gasteiger partial charge in [0.2, 0.25) is 10.0 Å². The minimum absolute atomic E-state index is 0.105. The van der Waals surface area contributed by atoms with Crippen molar-refractivity contribution in [2.75, 3.05) is 25.4 Å². The van der Waals surface area contributed by atoms with Gasteiger partial charge in [-0.3, -0.25) is 0 Å². The van der Waals surface area contributed by atoms with Crippen LogP contribution in [-0.4, -0.2) is 46.0 Å². The SMILES string of the molecule is CC1CCCNC1CNS(=O)(=O)CC1CCCO1. The van der Waals surface area contributed by atoms with Crippen LogP contribution in [0.15, 0.2) is 0 Å². The molecule has 2 aliphatic heterocycles. The van der Waals surface area contributed by atoms with Gasteiger partial charge in [0.25, 0.3) is 0 Å². The molecule has 2 aliphatic rings. The summed E-state index contributed by atoms with van der Waals surface area (Å²) in [4.78, 5) is 0. The topological polar surface area (TPSA) is 67.4 Å². The molecule has 18 heavy (non-hydrogen) atoms. The highest BCUT2D eigenvalue weighted by atomic mass is 32.2. The Hall–Kier alpha value is -0.170. The normalized spacial score (nSPS) is 33.7. The quantitative estimate of drug-likeness (QED) is 0.766. The van der Waals surface area contributed by atoms with Gasteiger partial charge in [-0.25, -0.2) is 13.1 Å². The van der Waals surface area contributed by atoms with Crippen molar-refractivity contribution in [2.45, 2.75) is 44.8 Å². The van der Waals surface area contributed by atoms with E-state index in [1.165, 1.54) is 12.8 Å². The van der Waals surface area contributed by atoms with Crippen LogP contribution in [0.5, 0.6) is 0 Å². The standard InChI is InChI=1S/C12H24N2O3S/c1-10-4-2-6-13-12(10)8-14-18(15,16)9-11-5-3-7-17-11/h10-14H,2-9H2,1H3. The first-order valence-electron chi connectivity index (χ1n) is 6.89. The summed E-state index contributed by atoms with van der Waals surface area (Å²) in [6.45, 7) is 4.35. The first kappa shape index (κ1) is 14.2. The monoisotopic (exact) mass is 276 g/mol. The molecule has 0 radical (unpaired) electrons. The van der Waals surface area contributed by atoms with Crippen molar-refractivity contribution in [3.8, 4) is 0 Å². The third kappa shape index (κ3) is 4.19. The summed E-state index contributed by atoms with van der Waals surface area (Å²) < 4.78 is 31.9. The molecular weight excluding hydrogens is 252 g/mol. The van der Waals surface area contributed by atoms with Crippen molar-refractivity contribution >= 4 is 10.0 Å². The lowest BCUT2D eigenvalue weighted by Crippen LogP contribution is -2.48. The van der Waals surface area contributed by atoms with Gasteiger partial charge >= 0.3 is 0 Å². The molecule has 5 nitrogen and oxygen atoms in total. The molecule has 6 heteroatoms. The predicted octanol–water partition coefficient (Wildman–Crippen LogP) is 0.473. The second-order valence-electron chi connectivity index (χ2n) is 5.45. The molecule has 106 valence electrons. The molecule has 2 saturated heterocycles. The lowest BCUT2D eigenvalue weighted by Gasteiger charge is -2.30. The maximum atomic E-state index is 11.9. The van der Waals surface area contributed by atoms with Gasteiger partial charge in [-0.05, 0) is 38.1 Å². The summed E-state index contributed by atoms with van der Waals surface area (Å²) in [7, 11) is -3.20. The van der Waals surface area contributed by atoms with E-state index in [2.05, 4.69) is 17.0 Å². The van der Waals surface area contributed by atoms with Crippen LogP contribution in [0.1, 0.15) is 32.6 Å². The Bertz CT molecular complexity index is 352. The minimum atomic E-state index is -3.20. The summed E-state index contributed by atoms with van der Waals surface area (Å²) >= 11 is 0. The Morgan fingerprint density at radius 3 is 2.83 bits per heavy atom. The molecule has 3 atom stereocenters. The fraction of sp³-hybridized carbons (Fsp3) is 1.00. The molecule has 2 N–H and O–H groups in total. The van der Waals surface area contributed by atoms with Gasteiger partial charge in [-0.1, -0.05) is 6.92 Å². The molecule has 0 aromatic carbocycles. The van der Waals surface area contributed by atoms with E-state index < -0.39 is 10.0 Å². The van der Waals surface area contributed by atoms with Gasteiger partial charge in [-0.2, -0.15) is 0 Å². The van der Waals surface area contributed by atoms with Crippen molar-refractivity contribution in [2.24, 2.45) is 5.92 Å². The fourth-order valence-electron chi connectivity index (χ4n) is 2.68. The second kappa shape index (κ2) is 6.32. The summed E-state index contributed by atoms with van der Waals surface area (Å²) in [5.74, 6) is 0.637. The molecule has 0 amide bonds. The maximum Gasteiger partial charge on any atom is 0.214 e. The number of hydrogen-bond donors (Lipinski definition) is 2. The van der Waals surface area contributed by atoms with Crippen LogP contribution < -0.4 is 10.0 Å². The highest BCUT2D eigenvalue weighted by molar-refractivity contribution is 7.89. The Labute approximate surface area is 110 Å². The van der Waals surface area contributed by atoms with Gasteiger partial charge in [0, 0.05) is 19.2 Å². The summed E-state index contributed by atoms with van der Waals surface area (Å²) in [6.07, 6.45) is 4.07. The molecule has 2 rings (SSSR count). The maximum absolute atomic E-state index is 11.9. The van der Waals surface area contributed by atoms with Crippen LogP contribution in [0.25, 0.3) is 0 Å². The van der Waals surface area contributed by atoms with Gasteiger partial charge in [0.1, 0.15) is 0 Å². The number of hydrogen-bond acceptors (Lipinski definition) is 4. The molecule has 0 aromatic rings. The van der Waals surface area contributed by atoms with Crippen LogP contribution in [-0.2, 0) is 14.8 Å². The fourth-order valence-corrected chi connectivity index (χ4v) is 3.99. The second-order valence-corrected chi connectivity index (χ2v) is 7.30. The number of sulfonamides is 1. The molecule has 0 saturated carbocycles. The molecule has 2 heterocycles. The molecule has 0 bridgehead atoms. The highest BCUT2D eigenvalue weighted by Gasteiger charge is 2.26. The van der Waals surface area contributed by atoms with E-state index in [-0.39, 0.29) is 17.9 Å². The van der Waals surface area contributed by atoms with E-state index in [0.29, 0.717) is 19.1 Å². The van der Waals surface area contributed by atoms with Crippen molar-refractivity contribution in [3.63, 3.8) is 0 Å². The molecule has 0 aromatic heterocycles. The van der Waals surface area contributed by atoms with E-state index in [1.807, 2.05) is 0 Å². The third-order valence-electron chi connectivity index (χ3n) is 3.88. The molecular formula is C12H24N2O3S. The van der Waals surface area contributed by atoms with Crippen molar-refractivity contribution < 1.29 is 13.2 Å². The van der Waals surface area contributed by atoms with Crippen LogP contribution in [0.3, 0.4) is 0 Å². The van der Waals surface area contributed by atoms with Crippen LogP contribution in [0.2, 0.25) is 0 Å². The summed E-state index contributed by atoms with van der Waals surface area (Å²) in [5, 5.41) is 3.38. The lowest BCUT2D eigenvalue weighted by atomic mass is 9.93. The average molecular weight is 276 g/mol. The summed E-state index contributed by atoms with van der Waals surface area (Å²) in [6, 6.07) is 0.262. The van der Waals surface area contributed by atoms with Gasteiger partial charge in [-0.15, -0.1) is 0 Å². The summed E-state index contributed by atoms with van der Waals surface area (Å²) in [5.41, 5.74) is 0. The van der Waals surface area contributed by atoms with E-state index >= 15 is 0 Å². The van der Waals surface area contributed by atoms with Crippen LogP contribution in [0.4, 0.5) is 0 Å². The zero-order valence-corrected chi connectivity index (χ0v) is 11.8. The Morgan fingerprint density at radius 1 is 1.33 bits per heavy atom. The minimum Gasteiger partial charge on any atom is -0.377 e. The van der Waals surface area contributed by atoms with E-state index in [1.54, 1.807) is 0 Å². The Morgan fingerprint density at radius 2 is 2.17 bits per heavy atom. The molecule has 0 aliphatic carbocycles. The molecule has 2 fully saturated rings. The van der Waals surface area contributed by atoms with Crippen molar-refractivity contribution in [3.05, 3.63) is 0 Å². The van der Waals surface area contributed by atoms with Crippen molar-refractivity contribution in [1.29, 1.82) is 0 Å². The Balaban J connectivity index is 1.76. The van der Waals surface area contributed by atoms with E-state index in [9.17, 15) is 8.42 Å². The molecule has 3 unspecified atom stereocenters. The Kier molecular flexibility index (Phi) is 5.00. The van der Waals surface area contributed by atoms with Crippen LogP contribution in [0, 0.1) is 5.92 Å². The lowest BCUT2D eigenvalue weighted by molar-refractivity contribution is 0.127. The van der Waals surface area contributed by atoms with E-state index in [4.69, 9.17) is 4.74 Å². The van der Waals surface area contributed by atoms with Crippen LogP contribution >= 0.6 is 0 Å². The van der Waals surface area contributed by atoms with Gasteiger partial charge in [0.05, 0.1) is 11.9 Å². The van der Waals surface area contributed by atoms with Gasteiger partial charge < -0.3 is 10.1 Å². The first-order chi connectivity index (χ1) is 8.57. The average Bonchev–Trinajstić information content (AvgIpc) is 2.80. The number of ether oxygens (including phenoxy) is 1. The van der Waals surface area contributed by atoms with Gasteiger partial charge in [0.15, 0.2) is 0 Å². The first-order valence-corrected chi connectivity index (χ1v) is 8.54. The van der Waals surface area contributed by atoms with Crippen molar-refractivity contribution in [1.82, 2.24) is 10.0 Å². The zero-order valence-electron chi connectivity index (χ0n) is 11.0. The zero-order chi connectivity index (χ0) is 13.0. The smallest absolute Gasteiger partial charge is 0.214 e.